The van der Waals surface area contributed by atoms with Gasteiger partial charge in [0.2, 0.25) is 0 Å². The van der Waals surface area contributed by atoms with Crippen molar-refractivity contribution in [3.63, 3.8) is 0 Å². The average Bonchev–Trinajstić information content (AvgIpc) is 3.13. The lowest BCUT2D eigenvalue weighted by Crippen LogP contribution is -2.36. The lowest BCUT2D eigenvalue weighted by molar-refractivity contribution is -0.174. The fraction of sp³-hybridized carbons (Fsp3) is 0.467. The molecule has 0 aliphatic carbocycles. The molecule has 2 unspecified atom stereocenters. The second-order valence-corrected chi connectivity index (χ2v) is 5.99. The zero-order valence-electron chi connectivity index (χ0n) is 13.1. The Balaban J connectivity index is 1.95. The lowest BCUT2D eigenvalue weighted by atomic mass is 10.0. The van der Waals surface area contributed by atoms with Crippen LogP contribution < -0.4 is 10.6 Å². The molecule has 9 heteroatoms. The van der Waals surface area contributed by atoms with Crippen LogP contribution >= 0.6 is 0 Å². The average molecular weight is 342 g/mol. The number of nitrogens with one attached hydrogen (secondary N) is 2. The predicted octanol–water partition coefficient (Wildman–Crippen LogP) is 3.27. The summed E-state index contributed by atoms with van der Waals surface area (Å²) >= 11 is 0. The molecule has 0 aromatic carbocycles. The van der Waals surface area contributed by atoms with Gasteiger partial charge in [0.15, 0.2) is 11.7 Å². The second-order valence-electron chi connectivity index (χ2n) is 5.99. The topological polar surface area (TPSA) is 72.1 Å². The number of hydrogen-bond donors (Lipinski definition) is 2. The number of alkyl halides is 3. The van der Waals surface area contributed by atoms with Gasteiger partial charge in [0, 0.05) is 18.5 Å². The fourth-order valence-corrected chi connectivity index (χ4v) is 2.70. The van der Waals surface area contributed by atoms with E-state index < -0.39 is 24.2 Å². The minimum atomic E-state index is -4.49. The molecule has 1 amide bonds. The van der Waals surface area contributed by atoms with Gasteiger partial charge in [-0.2, -0.15) is 18.3 Å². The minimum Gasteiger partial charge on any atom is -0.467 e. The predicted molar refractivity (Wildman–Crippen MR) is 79.6 cm³/mol. The van der Waals surface area contributed by atoms with Crippen molar-refractivity contribution < 1.29 is 22.4 Å². The number of aromatic nitrogens is 2. The Hall–Kier alpha value is -2.45. The second kappa shape index (κ2) is 5.88. The number of carbonyl (C=O) groups excluding carboxylic acids is 1. The van der Waals surface area contributed by atoms with Crippen molar-refractivity contribution in [1.82, 2.24) is 15.1 Å². The molecule has 0 saturated carbocycles. The number of fused-ring (bicyclic) bond motifs is 1. The Bertz CT molecular complexity index is 722. The van der Waals surface area contributed by atoms with Crippen LogP contribution in [0.1, 0.15) is 48.6 Å². The van der Waals surface area contributed by atoms with Crippen LogP contribution in [0.3, 0.4) is 0 Å². The Kier molecular flexibility index (Phi) is 4.02. The smallest absolute Gasteiger partial charge is 0.410 e. The Labute approximate surface area is 136 Å². The maximum Gasteiger partial charge on any atom is 0.410 e. The first-order valence-electron chi connectivity index (χ1n) is 7.52. The highest BCUT2D eigenvalue weighted by Crippen LogP contribution is 2.43. The van der Waals surface area contributed by atoms with Crippen LogP contribution in [0.5, 0.6) is 0 Å². The van der Waals surface area contributed by atoms with E-state index in [9.17, 15) is 18.0 Å². The molecule has 2 atom stereocenters. The third-order valence-electron chi connectivity index (χ3n) is 3.73. The summed E-state index contributed by atoms with van der Waals surface area (Å²) in [7, 11) is 0. The summed E-state index contributed by atoms with van der Waals surface area (Å²) in [5, 5.41) is 9.43. The van der Waals surface area contributed by atoms with Crippen LogP contribution in [-0.4, -0.2) is 27.9 Å². The van der Waals surface area contributed by atoms with E-state index in [1.54, 1.807) is 26.0 Å². The molecular weight excluding hydrogens is 325 g/mol. The maximum atomic E-state index is 13.4. The van der Waals surface area contributed by atoms with Crippen LogP contribution in [0.15, 0.2) is 28.9 Å². The Morgan fingerprint density at radius 3 is 2.83 bits per heavy atom. The quantitative estimate of drug-likeness (QED) is 0.898. The van der Waals surface area contributed by atoms with Crippen molar-refractivity contribution in [1.29, 1.82) is 0 Å². The molecule has 0 fully saturated rings. The van der Waals surface area contributed by atoms with E-state index in [2.05, 4.69) is 15.7 Å². The number of hydrogen-bond acceptors (Lipinski definition) is 4. The summed E-state index contributed by atoms with van der Waals surface area (Å²) < 4.78 is 46.4. The van der Waals surface area contributed by atoms with Crippen LogP contribution in [0.4, 0.5) is 19.0 Å². The molecule has 6 nitrogen and oxygen atoms in total. The van der Waals surface area contributed by atoms with Crippen molar-refractivity contribution in [3.8, 4) is 0 Å². The van der Waals surface area contributed by atoms with E-state index in [0.717, 1.165) is 4.68 Å². The molecule has 0 spiro atoms. The van der Waals surface area contributed by atoms with Gasteiger partial charge in [0.05, 0.1) is 12.3 Å². The summed E-state index contributed by atoms with van der Waals surface area (Å²) in [6.45, 7) is 3.52. The van der Waals surface area contributed by atoms with Gasteiger partial charge >= 0.3 is 6.18 Å². The van der Waals surface area contributed by atoms with E-state index >= 15 is 0 Å². The summed E-state index contributed by atoms with van der Waals surface area (Å²) in [6.07, 6.45) is -3.34. The standard InChI is InChI=1S/C15H17F3N4O2/c1-8(2)19-14(23)10-7-13-20-9(11-4-3-5-24-11)6-12(15(16,17)18)22(13)21-10/h3-5,7-9,12,20H,6H2,1-2H3,(H,19,23). The normalized spacial score (nSPS) is 20.6. The molecule has 130 valence electrons. The monoisotopic (exact) mass is 342 g/mol. The SMILES string of the molecule is CC(C)NC(=O)c1cc2n(n1)C(C(F)(F)F)CC(c1ccco1)N2. The van der Waals surface area contributed by atoms with Crippen molar-refractivity contribution in [2.75, 3.05) is 5.32 Å². The zero-order valence-corrected chi connectivity index (χ0v) is 13.1. The molecule has 0 saturated heterocycles. The van der Waals surface area contributed by atoms with Crippen molar-refractivity contribution >= 4 is 11.7 Å². The first-order chi connectivity index (χ1) is 11.3. The molecule has 1 aliphatic rings. The van der Waals surface area contributed by atoms with Crippen molar-refractivity contribution in [2.45, 2.75) is 44.6 Å². The van der Waals surface area contributed by atoms with Gasteiger partial charge in [-0.25, -0.2) is 4.68 Å². The summed E-state index contributed by atoms with van der Waals surface area (Å²) in [4.78, 5) is 12.0. The third kappa shape index (κ3) is 3.10. The van der Waals surface area contributed by atoms with Gasteiger partial charge in [0.1, 0.15) is 11.6 Å². The molecule has 24 heavy (non-hydrogen) atoms. The van der Waals surface area contributed by atoms with E-state index in [1.807, 2.05) is 0 Å². The molecule has 3 heterocycles. The number of carbonyl (C=O) groups is 1. The summed E-state index contributed by atoms with van der Waals surface area (Å²) in [5.74, 6) is 0.0351. The summed E-state index contributed by atoms with van der Waals surface area (Å²) in [6, 6.07) is 1.95. The van der Waals surface area contributed by atoms with E-state index in [1.165, 1.54) is 12.3 Å². The van der Waals surface area contributed by atoms with Gasteiger partial charge < -0.3 is 15.1 Å². The molecule has 1 aliphatic heterocycles. The largest absolute Gasteiger partial charge is 0.467 e. The lowest BCUT2D eigenvalue weighted by Gasteiger charge is -2.32. The third-order valence-corrected chi connectivity index (χ3v) is 3.73. The highest BCUT2D eigenvalue weighted by molar-refractivity contribution is 5.93. The number of furan rings is 1. The highest BCUT2D eigenvalue weighted by Gasteiger charge is 2.47. The molecule has 2 aromatic rings. The first kappa shape index (κ1) is 16.4. The molecule has 2 N–H and O–H groups in total. The molecular formula is C15H17F3N4O2. The van der Waals surface area contributed by atoms with Crippen LogP contribution in [0.2, 0.25) is 0 Å². The van der Waals surface area contributed by atoms with E-state index in [-0.39, 0.29) is 24.0 Å². The number of halogens is 3. The van der Waals surface area contributed by atoms with Gasteiger partial charge in [-0.05, 0) is 26.0 Å². The first-order valence-corrected chi connectivity index (χ1v) is 7.52. The number of rotatable bonds is 3. The number of nitrogens with zero attached hydrogens (tertiary/aromatic N) is 2. The molecule has 0 bridgehead atoms. The van der Waals surface area contributed by atoms with E-state index in [4.69, 9.17) is 4.42 Å². The minimum absolute atomic E-state index is 0.0551. The van der Waals surface area contributed by atoms with Gasteiger partial charge in [0.25, 0.3) is 5.91 Å². The molecule has 3 rings (SSSR count). The van der Waals surface area contributed by atoms with Crippen LogP contribution in [0, 0.1) is 0 Å². The Morgan fingerprint density at radius 1 is 1.50 bits per heavy atom. The number of anilines is 1. The highest BCUT2D eigenvalue weighted by atomic mass is 19.4. The maximum absolute atomic E-state index is 13.4. The fourth-order valence-electron chi connectivity index (χ4n) is 2.70. The van der Waals surface area contributed by atoms with Gasteiger partial charge in [-0.15, -0.1) is 0 Å². The van der Waals surface area contributed by atoms with Crippen molar-refractivity contribution in [3.05, 3.63) is 35.9 Å². The van der Waals surface area contributed by atoms with Gasteiger partial charge in [-0.1, -0.05) is 0 Å². The molecule has 0 radical (unpaired) electrons. The molecule has 2 aromatic heterocycles. The number of amides is 1. The zero-order chi connectivity index (χ0) is 17.5. The van der Waals surface area contributed by atoms with Crippen LogP contribution in [-0.2, 0) is 0 Å². The van der Waals surface area contributed by atoms with Gasteiger partial charge in [-0.3, -0.25) is 4.79 Å². The van der Waals surface area contributed by atoms with Crippen LogP contribution in [0.25, 0.3) is 0 Å². The van der Waals surface area contributed by atoms with Crippen molar-refractivity contribution in [2.24, 2.45) is 0 Å². The Morgan fingerprint density at radius 2 is 2.25 bits per heavy atom. The van der Waals surface area contributed by atoms with E-state index in [0.29, 0.717) is 5.76 Å². The summed E-state index contributed by atoms with van der Waals surface area (Å²) in [5.41, 5.74) is -0.0551.